The molecule has 1 saturated heterocycles. The van der Waals surface area contributed by atoms with Crippen molar-refractivity contribution in [2.24, 2.45) is 0 Å². The number of hydrogen-bond acceptors (Lipinski definition) is 9. The van der Waals surface area contributed by atoms with E-state index in [-0.39, 0.29) is 17.2 Å². The molecule has 0 aliphatic carbocycles. The van der Waals surface area contributed by atoms with Crippen LogP contribution in [0.4, 0.5) is 11.8 Å². The summed E-state index contributed by atoms with van der Waals surface area (Å²) >= 11 is 0. The Morgan fingerprint density at radius 1 is 1.29 bits per heavy atom. The minimum Gasteiger partial charge on any atom is -0.375 e. The lowest BCUT2D eigenvalue weighted by Gasteiger charge is -2.32. The van der Waals surface area contributed by atoms with Crippen LogP contribution in [0.1, 0.15) is 6.92 Å². The molecule has 1 aliphatic heterocycles. The number of sulfone groups is 1. The highest BCUT2D eigenvalue weighted by Gasteiger charge is 2.22. The van der Waals surface area contributed by atoms with Crippen molar-refractivity contribution in [2.45, 2.75) is 18.2 Å². The molecule has 0 amide bonds. The summed E-state index contributed by atoms with van der Waals surface area (Å²) < 4.78 is 29.4. The second-order valence-electron chi connectivity index (χ2n) is 5.62. The second kappa shape index (κ2) is 6.29. The van der Waals surface area contributed by atoms with Crippen LogP contribution in [0.2, 0.25) is 0 Å². The highest BCUT2D eigenvalue weighted by molar-refractivity contribution is 7.90. The zero-order valence-electron chi connectivity index (χ0n) is 13.4. The van der Waals surface area contributed by atoms with E-state index in [9.17, 15) is 8.42 Å². The van der Waals surface area contributed by atoms with Crippen LogP contribution in [-0.2, 0) is 14.6 Å². The van der Waals surface area contributed by atoms with Gasteiger partial charge in [-0.15, -0.1) is 0 Å². The standard InChI is InChI=1S/C14H18N6O3S/c1-9-8-20(3-4-23-9)12-5-11(10-6-16-13(15)17-7-10)18-14(19-12)24(2,21)22/h5-7,9H,3-4,8H2,1-2H3,(H2,15,16,17)/t9-/m1/s1. The van der Waals surface area contributed by atoms with Crippen molar-refractivity contribution in [3.8, 4) is 11.3 Å². The van der Waals surface area contributed by atoms with Crippen LogP contribution in [0.3, 0.4) is 0 Å². The van der Waals surface area contributed by atoms with E-state index in [0.717, 1.165) is 6.26 Å². The Labute approximate surface area is 139 Å². The number of nitrogens with two attached hydrogens (primary N) is 1. The number of hydrogen-bond donors (Lipinski definition) is 1. The van der Waals surface area contributed by atoms with Gasteiger partial charge in [0.25, 0.3) is 0 Å². The summed E-state index contributed by atoms with van der Waals surface area (Å²) in [6, 6.07) is 1.72. The summed E-state index contributed by atoms with van der Waals surface area (Å²) in [5, 5.41) is -0.231. The monoisotopic (exact) mass is 350 g/mol. The first kappa shape index (κ1) is 16.5. The Morgan fingerprint density at radius 2 is 2.00 bits per heavy atom. The summed E-state index contributed by atoms with van der Waals surface area (Å²) in [7, 11) is -3.56. The number of ether oxygens (including phenoxy) is 1. The highest BCUT2D eigenvalue weighted by atomic mass is 32.2. The first-order valence-corrected chi connectivity index (χ1v) is 9.25. The third-order valence-corrected chi connectivity index (χ3v) is 4.40. The van der Waals surface area contributed by atoms with Crippen molar-refractivity contribution >= 4 is 21.6 Å². The van der Waals surface area contributed by atoms with Crippen molar-refractivity contribution in [1.29, 1.82) is 0 Å². The van der Waals surface area contributed by atoms with Crippen LogP contribution in [0.25, 0.3) is 11.3 Å². The van der Waals surface area contributed by atoms with Gasteiger partial charge in [0.2, 0.25) is 20.9 Å². The fraction of sp³-hybridized carbons (Fsp3) is 0.429. The molecule has 128 valence electrons. The maximum absolute atomic E-state index is 12.0. The lowest BCUT2D eigenvalue weighted by Crippen LogP contribution is -2.41. The minimum atomic E-state index is -3.56. The van der Waals surface area contributed by atoms with Crippen LogP contribution < -0.4 is 10.6 Å². The van der Waals surface area contributed by atoms with Gasteiger partial charge in [0, 0.05) is 43.4 Å². The predicted octanol–water partition coefficient (Wildman–Crippen LogP) is 0.144. The Hall–Kier alpha value is -2.33. The van der Waals surface area contributed by atoms with E-state index in [0.29, 0.717) is 36.8 Å². The van der Waals surface area contributed by atoms with Gasteiger partial charge in [-0.1, -0.05) is 0 Å². The van der Waals surface area contributed by atoms with Gasteiger partial charge in [-0.3, -0.25) is 0 Å². The van der Waals surface area contributed by atoms with Gasteiger partial charge in [0.1, 0.15) is 5.82 Å². The fourth-order valence-electron chi connectivity index (χ4n) is 2.39. The van der Waals surface area contributed by atoms with Crippen molar-refractivity contribution in [3.63, 3.8) is 0 Å². The Balaban J connectivity index is 2.08. The Kier molecular flexibility index (Phi) is 4.33. The molecule has 2 N–H and O–H groups in total. The SMILES string of the molecule is C[C@@H]1CN(c2cc(-c3cnc(N)nc3)nc(S(C)(=O)=O)n2)CCO1. The maximum Gasteiger partial charge on any atom is 0.249 e. The van der Waals surface area contributed by atoms with Gasteiger partial charge in [-0.2, -0.15) is 0 Å². The van der Waals surface area contributed by atoms with E-state index < -0.39 is 9.84 Å². The molecule has 3 heterocycles. The zero-order valence-corrected chi connectivity index (χ0v) is 14.2. The lowest BCUT2D eigenvalue weighted by molar-refractivity contribution is 0.0529. The summed E-state index contributed by atoms with van der Waals surface area (Å²) in [4.78, 5) is 18.2. The molecule has 1 atom stereocenters. The molecule has 0 aromatic carbocycles. The molecule has 10 heteroatoms. The Morgan fingerprint density at radius 3 is 2.62 bits per heavy atom. The van der Waals surface area contributed by atoms with Gasteiger partial charge in [-0.25, -0.2) is 28.4 Å². The normalized spacial score (nSPS) is 18.6. The lowest BCUT2D eigenvalue weighted by atomic mass is 10.2. The first-order valence-electron chi connectivity index (χ1n) is 7.36. The molecule has 1 aliphatic rings. The van der Waals surface area contributed by atoms with Crippen LogP contribution in [0.5, 0.6) is 0 Å². The molecular formula is C14H18N6O3S. The molecule has 0 unspecified atom stereocenters. The minimum absolute atomic E-state index is 0.0405. The molecule has 1 fully saturated rings. The van der Waals surface area contributed by atoms with Crippen molar-refractivity contribution < 1.29 is 13.2 Å². The third kappa shape index (κ3) is 3.60. The number of nitrogens with zero attached hydrogens (tertiary/aromatic N) is 5. The van der Waals surface area contributed by atoms with Crippen molar-refractivity contribution in [3.05, 3.63) is 18.5 Å². The molecule has 2 aromatic heterocycles. The average molecular weight is 350 g/mol. The quantitative estimate of drug-likeness (QED) is 0.770. The smallest absolute Gasteiger partial charge is 0.249 e. The van der Waals surface area contributed by atoms with E-state index in [1.165, 1.54) is 12.4 Å². The van der Waals surface area contributed by atoms with E-state index in [2.05, 4.69) is 19.9 Å². The maximum atomic E-state index is 12.0. The second-order valence-corrected chi connectivity index (χ2v) is 7.53. The van der Waals surface area contributed by atoms with Crippen LogP contribution in [0, 0.1) is 0 Å². The topological polar surface area (TPSA) is 124 Å². The molecule has 2 aromatic rings. The molecule has 9 nitrogen and oxygen atoms in total. The average Bonchev–Trinajstić information content (AvgIpc) is 2.54. The van der Waals surface area contributed by atoms with Gasteiger partial charge in [0.15, 0.2) is 0 Å². The predicted molar refractivity (Wildman–Crippen MR) is 88.2 cm³/mol. The van der Waals surface area contributed by atoms with E-state index in [1.807, 2.05) is 11.8 Å². The molecule has 0 radical (unpaired) electrons. The van der Waals surface area contributed by atoms with E-state index in [1.54, 1.807) is 6.07 Å². The third-order valence-electron chi connectivity index (χ3n) is 3.56. The van der Waals surface area contributed by atoms with Gasteiger partial charge >= 0.3 is 0 Å². The van der Waals surface area contributed by atoms with Gasteiger partial charge in [-0.05, 0) is 6.92 Å². The molecule has 0 spiro atoms. The number of nitrogen functional groups attached to an aromatic ring is 1. The number of anilines is 2. The van der Waals surface area contributed by atoms with Crippen LogP contribution in [-0.4, -0.2) is 60.4 Å². The molecule has 0 saturated carbocycles. The van der Waals surface area contributed by atoms with Crippen molar-refractivity contribution in [2.75, 3.05) is 36.6 Å². The number of aromatic nitrogens is 4. The van der Waals surface area contributed by atoms with E-state index in [4.69, 9.17) is 10.5 Å². The largest absolute Gasteiger partial charge is 0.375 e. The van der Waals surface area contributed by atoms with Crippen LogP contribution in [0.15, 0.2) is 23.6 Å². The Bertz CT molecular complexity index is 840. The fourth-order valence-corrected chi connectivity index (χ4v) is 2.91. The molecule has 3 rings (SSSR count). The van der Waals surface area contributed by atoms with Gasteiger partial charge in [0.05, 0.1) is 18.4 Å². The molecular weight excluding hydrogens is 332 g/mol. The highest BCUT2D eigenvalue weighted by Crippen LogP contribution is 2.24. The molecule has 24 heavy (non-hydrogen) atoms. The zero-order chi connectivity index (χ0) is 17.3. The molecule has 0 bridgehead atoms. The summed E-state index contributed by atoms with van der Waals surface area (Å²) in [5.74, 6) is 0.672. The summed E-state index contributed by atoms with van der Waals surface area (Å²) in [6.07, 6.45) is 4.13. The van der Waals surface area contributed by atoms with E-state index >= 15 is 0 Å². The number of rotatable bonds is 3. The summed E-state index contributed by atoms with van der Waals surface area (Å²) in [6.45, 7) is 3.76. The van der Waals surface area contributed by atoms with Crippen LogP contribution >= 0.6 is 0 Å². The number of morpholine rings is 1. The summed E-state index contributed by atoms with van der Waals surface area (Å²) in [5.41, 5.74) is 6.49. The van der Waals surface area contributed by atoms with Gasteiger partial charge < -0.3 is 15.4 Å². The first-order chi connectivity index (χ1) is 11.3. The van der Waals surface area contributed by atoms with Crippen molar-refractivity contribution in [1.82, 2.24) is 19.9 Å².